The molecular weight excluding hydrogens is 272 g/mol. The molecule has 0 spiro atoms. The van der Waals surface area contributed by atoms with Crippen molar-refractivity contribution in [1.82, 2.24) is 5.32 Å². The van der Waals surface area contributed by atoms with Crippen molar-refractivity contribution >= 4 is 29.1 Å². The first-order valence-corrected chi connectivity index (χ1v) is 6.07. The fourth-order valence-electron chi connectivity index (χ4n) is 1.32. The van der Waals surface area contributed by atoms with Crippen molar-refractivity contribution in [2.24, 2.45) is 0 Å². The zero-order chi connectivity index (χ0) is 14.4. The largest absolute Gasteiger partial charge is 0.506 e. The summed E-state index contributed by atoms with van der Waals surface area (Å²) >= 11 is 5.71. The Hall–Kier alpha value is -1.79. The number of benzene rings is 1. The van der Waals surface area contributed by atoms with Crippen LogP contribution in [-0.4, -0.2) is 34.7 Å². The standard InChI is InChI=1S/C12H15ClN2O4/c1-2-8(6-16)14-11(18)12(19)15-9-5-7(13)3-4-10(9)17/h3-5,8,16-17H,2,6H2,1H3,(H,14,18)(H,15,19). The molecule has 4 N–H and O–H groups in total. The maximum Gasteiger partial charge on any atom is 0.313 e. The molecule has 0 saturated heterocycles. The Morgan fingerprint density at radius 1 is 1.37 bits per heavy atom. The maximum atomic E-state index is 11.6. The molecule has 1 unspecified atom stereocenters. The van der Waals surface area contributed by atoms with Crippen LogP contribution >= 0.6 is 11.6 Å². The van der Waals surface area contributed by atoms with E-state index in [2.05, 4.69) is 10.6 Å². The van der Waals surface area contributed by atoms with Gasteiger partial charge in [0.2, 0.25) is 0 Å². The van der Waals surface area contributed by atoms with E-state index in [9.17, 15) is 14.7 Å². The van der Waals surface area contributed by atoms with Crippen LogP contribution in [0, 0.1) is 0 Å². The molecule has 0 aliphatic carbocycles. The summed E-state index contributed by atoms with van der Waals surface area (Å²) in [5.41, 5.74) is 0.0460. The van der Waals surface area contributed by atoms with Gasteiger partial charge in [-0.05, 0) is 24.6 Å². The molecule has 1 rings (SSSR count). The molecule has 0 heterocycles. The van der Waals surface area contributed by atoms with E-state index in [-0.39, 0.29) is 18.0 Å². The highest BCUT2D eigenvalue weighted by molar-refractivity contribution is 6.40. The maximum absolute atomic E-state index is 11.6. The monoisotopic (exact) mass is 286 g/mol. The predicted octanol–water partition coefficient (Wildman–Crippen LogP) is 0.871. The number of phenols is 1. The Morgan fingerprint density at radius 3 is 2.63 bits per heavy atom. The van der Waals surface area contributed by atoms with Crippen LogP contribution in [0.1, 0.15) is 13.3 Å². The van der Waals surface area contributed by atoms with Crippen LogP contribution in [0.15, 0.2) is 18.2 Å². The molecule has 1 aromatic rings. The number of carbonyl (C=O) groups is 2. The first-order chi connectivity index (χ1) is 8.97. The minimum absolute atomic E-state index is 0.0460. The Labute approximate surface area is 115 Å². The highest BCUT2D eigenvalue weighted by Crippen LogP contribution is 2.26. The van der Waals surface area contributed by atoms with Gasteiger partial charge in [0.05, 0.1) is 18.3 Å². The van der Waals surface area contributed by atoms with E-state index in [0.29, 0.717) is 11.4 Å². The van der Waals surface area contributed by atoms with Crippen LogP contribution in [0.5, 0.6) is 5.75 Å². The molecule has 0 aromatic heterocycles. The van der Waals surface area contributed by atoms with E-state index in [1.807, 2.05) is 0 Å². The minimum Gasteiger partial charge on any atom is -0.506 e. The van der Waals surface area contributed by atoms with Crippen molar-refractivity contribution in [1.29, 1.82) is 0 Å². The lowest BCUT2D eigenvalue weighted by atomic mass is 10.2. The van der Waals surface area contributed by atoms with E-state index < -0.39 is 17.9 Å². The predicted molar refractivity (Wildman–Crippen MR) is 71.1 cm³/mol. The van der Waals surface area contributed by atoms with Crippen LogP contribution in [0.4, 0.5) is 5.69 Å². The lowest BCUT2D eigenvalue weighted by Gasteiger charge is -2.14. The van der Waals surface area contributed by atoms with Crippen molar-refractivity contribution in [3.8, 4) is 5.75 Å². The molecule has 7 heteroatoms. The van der Waals surface area contributed by atoms with Gasteiger partial charge in [0, 0.05) is 5.02 Å². The number of anilines is 1. The third-order valence-corrected chi connectivity index (χ3v) is 2.70. The molecule has 6 nitrogen and oxygen atoms in total. The number of rotatable bonds is 4. The zero-order valence-electron chi connectivity index (χ0n) is 10.3. The van der Waals surface area contributed by atoms with Gasteiger partial charge < -0.3 is 20.8 Å². The third-order valence-electron chi connectivity index (χ3n) is 2.46. The summed E-state index contributed by atoms with van der Waals surface area (Å²) in [5.74, 6) is -2.02. The number of hydrogen-bond acceptors (Lipinski definition) is 4. The molecule has 19 heavy (non-hydrogen) atoms. The molecule has 0 bridgehead atoms. The average Bonchev–Trinajstić information content (AvgIpc) is 2.39. The first kappa shape index (κ1) is 15.3. The normalized spacial score (nSPS) is 11.7. The fraction of sp³-hybridized carbons (Fsp3) is 0.333. The van der Waals surface area contributed by atoms with Gasteiger partial charge in [0.15, 0.2) is 0 Å². The Bertz CT molecular complexity index is 475. The van der Waals surface area contributed by atoms with Crippen molar-refractivity contribution in [2.45, 2.75) is 19.4 Å². The molecule has 104 valence electrons. The van der Waals surface area contributed by atoms with Gasteiger partial charge in [0.25, 0.3) is 0 Å². The van der Waals surface area contributed by atoms with Gasteiger partial charge in [0.1, 0.15) is 5.75 Å². The molecule has 0 fully saturated rings. The molecule has 0 radical (unpaired) electrons. The topological polar surface area (TPSA) is 98.7 Å². The van der Waals surface area contributed by atoms with Crippen LogP contribution in [0.2, 0.25) is 5.02 Å². The van der Waals surface area contributed by atoms with Gasteiger partial charge in [-0.2, -0.15) is 0 Å². The summed E-state index contributed by atoms with van der Waals surface area (Å²) in [5, 5.41) is 23.3. The Balaban J connectivity index is 2.69. The van der Waals surface area contributed by atoms with Crippen molar-refractivity contribution in [3.05, 3.63) is 23.2 Å². The number of aromatic hydroxyl groups is 1. The number of carbonyl (C=O) groups excluding carboxylic acids is 2. The second kappa shape index (κ2) is 6.96. The number of aliphatic hydroxyl groups is 1. The lowest BCUT2D eigenvalue weighted by molar-refractivity contribution is -0.136. The molecular formula is C12H15ClN2O4. The van der Waals surface area contributed by atoms with Crippen LogP contribution in [0.25, 0.3) is 0 Å². The van der Waals surface area contributed by atoms with Crippen molar-refractivity contribution in [3.63, 3.8) is 0 Å². The molecule has 0 aliphatic heterocycles. The van der Waals surface area contributed by atoms with Crippen LogP contribution < -0.4 is 10.6 Å². The number of amides is 2. The van der Waals surface area contributed by atoms with Gasteiger partial charge >= 0.3 is 11.8 Å². The summed E-state index contributed by atoms with van der Waals surface area (Å²) in [6.45, 7) is 1.51. The van der Waals surface area contributed by atoms with Gasteiger partial charge in [-0.3, -0.25) is 9.59 Å². The number of halogens is 1. The Kier molecular flexibility index (Phi) is 5.59. The zero-order valence-corrected chi connectivity index (χ0v) is 11.1. The lowest BCUT2D eigenvalue weighted by Crippen LogP contribution is -2.43. The van der Waals surface area contributed by atoms with Gasteiger partial charge in [-0.1, -0.05) is 18.5 Å². The third kappa shape index (κ3) is 4.42. The van der Waals surface area contributed by atoms with Gasteiger partial charge in [-0.15, -0.1) is 0 Å². The smallest absolute Gasteiger partial charge is 0.313 e. The molecule has 1 aromatic carbocycles. The van der Waals surface area contributed by atoms with E-state index in [1.54, 1.807) is 6.92 Å². The summed E-state index contributed by atoms with van der Waals surface area (Å²) in [7, 11) is 0. The molecule has 1 atom stereocenters. The number of hydrogen-bond donors (Lipinski definition) is 4. The van der Waals surface area contributed by atoms with E-state index in [4.69, 9.17) is 16.7 Å². The summed E-state index contributed by atoms with van der Waals surface area (Å²) in [6.07, 6.45) is 0.498. The number of aliphatic hydroxyl groups excluding tert-OH is 1. The summed E-state index contributed by atoms with van der Waals surface area (Å²) in [6, 6.07) is 3.60. The average molecular weight is 287 g/mol. The van der Waals surface area contributed by atoms with Crippen LogP contribution in [-0.2, 0) is 9.59 Å². The van der Waals surface area contributed by atoms with Gasteiger partial charge in [-0.25, -0.2) is 0 Å². The molecule has 0 saturated carbocycles. The number of nitrogens with one attached hydrogen (secondary N) is 2. The van der Waals surface area contributed by atoms with E-state index >= 15 is 0 Å². The second-order valence-corrected chi connectivity index (χ2v) is 4.31. The van der Waals surface area contributed by atoms with E-state index in [0.717, 1.165) is 0 Å². The highest BCUT2D eigenvalue weighted by atomic mass is 35.5. The van der Waals surface area contributed by atoms with Crippen molar-refractivity contribution < 1.29 is 19.8 Å². The van der Waals surface area contributed by atoms with Crippen molar-refractivity contribution in [2.75, 3.05) is 11.9 Å². The summed E-state index contributed by atoms with van der Waals surface area (Å²) in [4.78, 5) is 23.1. The summed E-state index contributed by atoms with van der Waals surface area (Å²) < 4.78 is 0. The first-order valence-electron chi connectivity index (χ1n) is 5.69. The number of phenolic OH excluding ortho intramolecular Hbond substituents is 1. The quantitative estimate of drug-likeness (QED) is 0.487. The molecule has 2 amide bonds. The Morgan fingerprint density at radius 2 is 2.05 bits per heavy atom. The highest BCUT2D eigenvalue weighted by Gasteiger charge is 2.18. The van der Waals surface area contributed by atoms with Crippen LogP contribution in [0.3, 0.4) is 0 Å². The SMILES string of the molecule is CCC(CO)NC(=O)C(=O)Nc1cc(Cl)ccc1O. The van der Waals surface area contributed by atoms with E-state index in [1.165, 1.54) is 18.2 Å². The second-order valence-electron chi connectivity index (χ2n) is 3.88. The minimum atomic E-state index is -0.940. The molecule has 0 aliphatic rings. The fourth-order valence-corrected chi connectivity index (χ4v) is 1.49.